The minimum atomic E-state index is -0.0367. The first kappa shape index (κ1) is 19.4. The first-order valence-electron chi connectivity index (χ1n) is 8.45. The van der Waals surface area contributed by atoms with Gasteiger partial charge < -0.3 is 9.47 Å². The predicted octanol–water partition coefficient (Wildman–Crippen LogP) is 4.88. The maximum absolute atomic E-state index is 11.4. The van der Waals surface area contributed by atoms with Crippen LogP contribution in [-0.4, -0.2) is 26.3 Å². The smallest absolute Gasteiger partial charge is 0.305 e. The molecule has 0 saturated heterocycles. The second-order valence-corrected chi connectivity index (χ2v) is 5.50. The Morgan fingerprint density at radius 3 is 1.95 bits per heavy atom. The zero-order chi connectivity index (χ0) is 14.9. The molecule has 120 valence electrons. The Morgan fingerprint density at radius 2 is 1.30 bits per heavy atom. The normalized spacial score (nSPS) is 10.7. The minimum absolute atomic E-state index is 0.0367. The van der Waals surface area contributed by atoms with E-state index < -0.39 is 0 Å². The van der Waals surface area contributed by atoms with Crippen LogP contribution in [-0.2, 0) is 14.3 Å². The number of carbonyl (C=O) groups excluding carboxylic acids is 1. The zero-order valence-electron chi connectivity index (χ0n) is 13.6. The van der Waals surface area contributed by atoms with Gasteiger partial charge in [0.05, 0.1) is 6.61 Å². The van der Waals surface area contributed by atoms with Crippen LogP contribution in [0, 0.1) is 0 Å². The molecular weight excluding hydrogens is 252 g/mol. The molecule has 0 aliphatic rings. The van der Waals surface area contributed by atoms with Crippen molar-refractivity contribution in [2.24, 2.45) is 0 Å². The van der Waals surface area contributed by atoms with Gasteiger partial charge in [-0.2, -0.15) is 0 Å². The molecule has 0 rings (SSSR count). The van der Waals surface area contributed by atoms with E-state index in [9.17, 15) is 4.79 Å². The van der Waals surface area contributed by atoms with Gasteiger partial charge in [0.1, 0.15) is 0 Å². The topological polar surface area (TPSA) is 35.5 Å². The third kappa shape index (κ3) is 15.5. The molecule has 0 heterocycles. The Morgan fingerprint density at radius 1 is 0.750 bits per heavy atom. The number of rotatable bonds is 15. The molecule has 0 unspecified atom stereocenters. The Bertz CT molecular complexity index is 204. The highest BCUT2D eigenvalue weighted by Crippen LogP contribution is 2.08. The lowest BCUT2D eigenvalue weighted by molar-refractivity contribution is -0.143. The molecule has 0 saturated carbocycles. The largest absolute Gasteiger partial charge is 0.466 e. The Hall–Kier alpha value is -0.570. The highest BCUT2D eigenvalue weighted by Gasteiger charge is 2.02. The average Bonchev–Trinajstić information content (AvgIpc) is 2.45. The second-order valence-electron chi connectivity index (χ2n) is 5.50. The molecule has 0 aliphatic heterocycles. The monoisotopic (exact) mass is 286 g/mol. The van der Waals surface area contributed by atoms with Crippen molar-refractivity contribution in [2.45, 2.75) is 84.0 Å². The van der Waals surface area contributed by atoms with E-state index in [-0.39, 0.29) is 5.97 Å². The molecule has 0 N–H and O–H groups in total. The first-order chi connectivity index (χ1) is 9.81. The van der Waals surface area contributed by atoms with Crippen LogP contribution in [0.15, 0.2) is 0 Å². The summed E-state index contributed by atoms with van der Waals surface area (Å²) in [5, 5.41) is 0. The Balaban J connectivity index is 3.11. The molecule has 0 radical (unpaired) electrons. The predicted molar refractivity (Wildman–Crippen MR) is 83.9 cm³/mol. The molecular formula is C17H34O3. The zero-order valence-corrected chi connectivity index (χ0v) is 13.6. The van der Waals surface area contributed by atoms with Gasteiger partial charge in [-0.3, -0.25) is 4.79 Å². The van der Waals surface area contributed by atoms with Crippen LogP contribution in [0.2, 0.25) is 0 Å². The van der Waals surface area contributed by atoms with E-state index in [1.165, 1.54) is 44.9 Å². The molecule has 0 atom stereocenters. The molecule has 0 spiro atoms. The number of hydrogen-bond donors (Lipinski definition) is 0. The van der Waals surface area contributed by atoms with Crippen molar-refractivity contribution in [2.75, 3.05) is 20.3 Å². The number of methoxy groups -OCH3 is 1. The summed E-state index contributed by atoms with van der Waals surface area (Å²) < 4.78 is 10.2. The fraction of sp³-hybridized carbons (Fsp3) is 0.941. The maximum Gasteiger partial charge on any atom is 0.305 e. The number of esters is 1. The highest BCUT2D eigenvalue weighted by atomic mass is 16.5. The molecule has 20 heavy (non-hydrogen) atoms. The fourth-order valence-corrected chi connectivity index (χ4v) is 2.19. The van der Waals surface area contributed by atoms with Crippen molar-refractivity contribution in [3.05, 3.63) is 0 Å². The molecule has 0 amide bonds. The van der Waals surface area contributed by atoms with Gasteiger partial charge in [0.2, 0.25) is 0 Å². The minimum Gasteiger partial charge on any atom is -0.466 e. The highest BCUT2D eigenvalue weighted by molar-refractivity contribution is 5.69. The lowest BCUT2D eigenvalue weighted by Gasteiger charge is -2.05. The van der Waals surface area contributed by atoms with Crippen molar-refractivity contribution in [3.63, 3.8) is 0 Å². The van der Waals surface area contributed by atoms with E-state index in [0.29, 0.717) is 13.0 Å². The van der Waals surface area contributed by atoms with Gasteiger partial charge in [0.25, 0.3) is 0 Å². The maximum atomic E-state index is 11.4. The molecule has 0 aromatic rings. The Labute approximate surface area is 125 Å². The SMILES string of the molecule is CCCCCCCCCCOC(=O)CCCCCOC. The van der Waals surface area contributed by atoms with Gasteiger partial charge in [-0.15, -0.1) is 0 Å². The van der Waals surface area contributed by atoms with Gasteiger partial charge in [-0.05, 0) is 19.3 Å². The van der Waals surface area contributed by atoms with Crippen molar-refractivity contribution in [1.29, 1.82) is 0 Å². The molecule has 0 aromatic carbocycles. The summed E-state index contributed by atoms with van der Waals surface area (Å²) in [5.41, 5.74) is 0. The van der Waals surface area contributed by atoms with Crippen LogP contribution in [0.4, 0.5) is 0 Å². The van der Waals surface area contributed by atoms with Gasteiger partial charge in [0, 0.05) is 20.1 Å². The molecule has 0 fully saturated rings. The summed E-state index contributed by atoms with van der Waals surface area (Å²) in [6.45, 7) is 3.63. The quantitative estimate of drug-likeness (QED) is 0.318. The van der Waals surface area contributed by atoms with Crippen LogP contribution in [0.5, 0.6) is 0 Å². The van der Waals surface area contributed by atoms with Gasteiger partial charge in [-0.25, -0.2) is 0 Å². The van der Waals surface area contributed by atoms with Crippen molar-refractivity contribution < 1.29 is 14.3 Å². The van der Waals surface area contributed by atoms with E-state index >= 15 is 0 Å². The van der Waals surface area contributed by atoms with Crippen LogP contribution in [0.3, 0.4) is 0 Å². The first-order valence-corrected chi connectivity index (χ1v) is 8.45. The molecule has 0 aromatic heterocycles. The summed E-state index contributed by atoms with van der Waals surface area (Å²) in [7, 11) is 1.71. The number of unbranched alkanes of at least 4 members (excludes halogenated alkanes) is 9. The van der Waals surface area contributed by atoms with Gasteiger partial charge in [0.15, 0.2) is 0 Å². The lowest BCUT2D eigenvalue weighted by Crippen LogP contribution is -2.05. The van der Waals surface area contributed by atoms with E-state index in [2.05, 4.69) is 6.92 Å². The fourth-order valence-electron chi connectivity index (χ4n) is 2.19. The van der Waals surface area contributed by atoms with Gasteiger partial charge >= 0.3 is 5.97 Å². The number of ether oxygens (including phenoxy) is 2. The number of carbonyl (C=O) groups is 1. The molecule has 3 nitrogen and oxygen atoms in total. The standard InChI is InChI=1S/C17H34O3/c1-3-4-5-6-7-8-9-13-16-20-17(18)14-11-10-12-15-19-2/h3-16H2,1-2H3. The van der Waals surface area contributed by atoms with Crippen molar-refractivity contribution >= 4 is 5.97 Å². The van der Waals surface area contributed by atoms with E-state index in [4.69, 9.17) is 9.47 Å². The van der Waals surface area contributed by atoms with Crippen LogP contribution >= 0.6 is 0 Å². The van der Waals surface area contributed by atoms with Crippen LogP contribution in [0.25, 0.3) is 0 Å². The van der Waals surface area contributed by atoms with Crippen molar-refractivity contribution in [1.82, 2.24) is 0 Å². The second kappa shape index (κ2) is 16.5. The molecule has 0 bridgehead atoms. The van der Waals surface area contributed by atoms with Gasteiger partial charge in [-0.1, -0.05) is 58.3 Å². The third-order valence-electron chi connectivity index (χ3n) is 3.49. The Kier molecular flexibility index (Phi) is 16.0. The third-order valence-corrected chi connectivity index (χ3v) is 3.49. The summed E-state index contributed by atoms with van der Waals surface area (Å²) in [4.78, 5) is 11.4. The van der Waals surface area contributed by atoms with Crippen LogP contribution < -0.4 is 0 Å². The van der Waals surface area contributed by atoms with E-state index in [1.54, 1.807) is 7.11 Å². The lowest BCUT2D eigenvalue weighted by atomic mass is 10.1. The summed E-state index contributed by atoms with van der Waals surface area (Å²) in [6.07, 6.45) is 13.7. The van der Waals surface area contributed by atoms with E-state index in [0.717, 1.165) is 32.3 Å². The molecule has 3 heteroatoms. The molecule has 0 aliphatic carbocycles. The summed E-state index contributed by atoms with van der Waals surface area (Å²) in [6, 6.07) is 0. The van der Waals surface area contributed by atoms with E-state index in [1.807, 2.05) is 0 Å². The van der Waals surface area contributed by atoms with Crippen LogP contribution in [0.1, 0.15) is 84.0 Å². The summed E-state index contributed by atoms with van der Waals surface area (Å²) in [5.74, 6) is -0.0367. The summed E-state index contributed by atoms with van der Waals surface area (Å²) >= 11 is 0. The number of hydrogen-bond acceptors (Lipinski definition) is 3. The van der Waals surface area contributed by atoms with Crippen molar-refractivity contribution in [3.8, 4) is 0 Å². The average molecular weight is 286 g/mol.